The predicted octanol–water partition coefficient (Wildman–Crippen LogP) is 2.38. The minimum atomic E-state index is -0.835. The van der Waals surface area contributed by atoms with Gasteiger partial charge < -0.3 is 20.7 Å². The molecule has 1 saturated heterocycles. The lowest BCUT2D eigenvalue weighted by Gasteiger charge is -2.14. The second-order valence-electron chi connectivity index (χ2n) is 8.52. The van der Waals surface area contributed by atoms with Crippen molar-refractivity contribution in [2.75, 3.05) is 12.3 Å². The maximum absolute atomic E-state index is 12.9. The van der Waals surface area contributed by atoms with Gasteiger partial charge in [-0.1, -0.05) is 58.3 Å². The normalized spacial score (nSPS) is 20.9. The molecule has 3 heterocycles. The molecule has 2 aromatic heterocycles. The first kappa shape index (κ1) is 24.3. The van der Waals surface area contributed by atoms with Gasteiger partial charge in [0.05, 0.1) is 19.0 Å². The molecule has 10 heteroatoms. The van der Waals surface area contributed by atoms with E-state index in [0.29, 0.717) is 6.42 Å². The average molecular weight is 450 g/mol. The van der Waals surface area contributed by atoms with Gasteiger partial charge in [0.25, 0.3) is 5.56 Å². The fraction of sp³-hybridized carbons (Fsp3) is 0.727. The number of imidazole rings is 1. The molecule has 1 aliphatic rings. The number of aliphatic hydroxyl groups excluding tert-OH is 2. The quantitative estimate of drug-likeness (QED) is 0.419. The second kappa shape index (κ2) is 11.5. The molecule has 10 nitrogen and oxygen atoms in total. The van der Waals surface area contributed by atoms with Gasteiger partial charge in [-0.05, 0) is 6.42 Å². The van der Waals surface area contributed by atoms with Crippen LogP contribution < -0.4 is 11.3 Å². The Morgan fingerprint density at radius 2 is 1.84 bits per heavy atom. The number of anilines is 1. The molecule has 0 radical (unpaired) electrons. The van der Waals surface area contributed by atoms with Gasteiger partial charge in [0.2, 0.25) is 11.9 Å². The van der Waals surface area contributed by atoms with E-state index in [0.717, 1.165) is 17.4 Å². The van der Waals surface area contributed by atoms with Crippen molar-refractivity contribution in [2.24, 2.45) is 0 Å². The Kier molecular flexibility index (Phi) is 8.77. The zero-order valence-corrected chi connectivity index (χ0v) is 18.8. The first-order chi connectivity index (χ1) is 15.5. The van der Waals surface area contributed by atoms with Crippen molar-refractivity contribution in [1.82, 2.24) is 19.1 Å². The molecule has 0 bridgehead atoms. The van der Waals surface area contributed by atoms with Crippen molar-refractivity contribution in [1.29, 1.82) is 0 Å². The monoisotopic (exact) mass is 449 g/mol. The van der Waals surface area contributed by atoms with Crippen LogP contribution in [0.25, 0.3) is 11.2 Å². The van der Waals surface area contributed by atoms with E-state index < -0.39 is 24.0 Å². The summed E-state index contributed by atoms with van der Waals surface area (Å²) in [6, 6.07) is 0. The zero-order valence-electron chi connectivity index (χ0n) is 18.8. The lowest BCUT2D eigenvalue weighted by atomic mass is 10.1. The highest BCUT2D eigenvalue weighted by molar-refractivity contribution is 5.84. The highest BCUT2D eigenvalue weighted by atomic mass is 16.5. The summed E-state index contributed by atoms with van der Waals surface area (Å²) in [6.45, 7) is 1.89. The maximum atomic E-state index is 12.9. The fourth-order valence-corrected chi connectivity index (χ4v) is 4.19. The molecular weight excluding hydrogens is 414 g/mol. The van der Waals surface area contributed by atoms with Crippen LogP contribution in [0.5, 0.6) is 0 Å². The van der Waals surface area contributed by atoms with Crippen LogP contribution in [-0.2, 0) is 4.74 Å². The van der Waals surface area contributed by atoms with Gasteiger partial charge in [0, 0.05) is 12.8 Å². The highest BCUT2D eigenvalue weighted by Gasteiger charge is 2.35. The molecule has 178 valence electrons. The number of hydrogen-bond donors (Lipinski definition) is 3. The van der Waals surface area contributed by atoms with Crippen molar-refractivity contribution >= 4 is 23.0 Å². The summed E-state index contributed by atoms with van der Waals surface area (Å²) in [5.74, 6) is -0.574. The summed E-state index contributed by atoms with van der Waals surface area (Å²) in [5, 5.41) is 19.2. The van der Waals surface area contributed by atoms with Gasteiger partial charge in [0.15, 0.2) is 11.2 Å². The fourth-order valence-electron chi connectivity index (χ4n) is 4.19. The number of nitrogens with zero attached hydrogens (tertiary/aromatic N) is 4. The summed E-state index contributed by atoms with van der Waals surface area (Å²) in [5.41, 5.74) is 5.57. The number of nitrogens with two attached hydrogens (primary N) is 1. The summed E-state index contributed by atoms with van der Waals surface area (Å²) in [6.07, 6.45) is 9.84. The molecule has 0 aliphatic carbocycles. The molecule has 1 fully saturated rings. The summed E-state index contributed by atoms with van der Waals surface area (Å²) in [7, 11) is 0. The van der Waals surface area contributed by atoms with E-state index in [9.17, 15) is 19.8 Å². The summed E-state index contributed by atoms with van der Waals surface area (Å²) < 4.78 is 8.01. The Morgan fingerprint density at radius 1 is 1.19 bits per heavy atom. The molecule has 0 aromatic carbocycles. The number of nitrogen functional groups attached to an aromatic ring is 1. The molecule has 0 spiro atoms. The highest BCUT2D eigenvalue weighted by Crippen LogP contribution is 2.30. The molecule has 3 atom stereocenters. The Bertz CT molecular complexity index is 956. The van der Waals surface area contributed by atoms with Crippen LogP contribution in [0.2, 0.25) is 0 Å². The number of aliphatic hydroxyl groups is 2. The number of fused-ring (bicyclic) bond motifs is 1. The molecular formula is C22H35N5O5. The molecule has 0 amide bonds. The van der Waals surface area contributed by atoms with Crippen LogP contribution in [0.1, 0.15) is 88.6 Å². The third-order valence-electron chi connectivity index (χ3n) is 6.06. The molecule has 1 aliphatic heterocycles. The van der Waals surface area contributed by atoms with Crippen molar-refractivity contribution < 1.29 is 19.7 Å². The number of carbonyl (C=O) groups is 1. The predicted molar refractivity (Wildman–Crippen MR) is 120 cm³/mol. The molecule has 3 rings (SSSR count). The van der Waals surface area contributed by atoms with Crippen LogP contribution in [0.15, 0.2) is 11.1 Å². The van der Waals surface area contributed by atoms with Crippen LogP contribution in [-0.4, -0.2) is 54.0 Å². The summed E-state index contributed by atoms with van der Waals surface area (Å²) in [4.78, 5) is 33.9. The van der Waals surface area contributed by atoms with Crippen molar-refractivity contribution in [3.8, 4) is 0 Å². The van der Waals surface area contributed by atoms with E-state index in [2.05, 4.69) is 16.9 Å². The number of carbonyl (C=O) groups excluding carboxylic acids is 1. The first-order valence-corrected chi connectivity index (χ1v) is 11.7. The van der Waals surface area contributed by atoms with Crippen molar-refractivity contribution in [2.45, 2.75) is 96.0 Å². The van der Waals surface area contributed by atoms with Gasteiger partial charge in [-0.2, -0.15) is 4.98 Å². The van der Waals surface area contributed by atoms with E-state index >= 15 is 0 Å². The van der Waals surface area contributed by atoms with Crippen LogP contribution in [0.3, 0.4) is 0 Å². The average Bonchev–Trinajstić information content (AvgIpc) is 3.35. The number of ether oxygens (including phenoxy) is 1. The topological polar surface area (TPSA) is 145 Å². The van der Waals surface area contributed by atoms with Crippen molar-refractivity contribution in [3.05, 3.63) is 16.7 Å². The maximum Gasteiger partial charge on any atom is 0.289 e. The Hall–Kier alpha value is -2.30. The van der Waals surface area contributed by atoms with Crippen LogP contribution in [0, 0.1) is 0 Å². The van der Waals surface area contributed by atoms with Gasteiger partial charge >= 0.3 is 0 Å². The van der Waals surface area contributed by atoms with Gasteiger partial charge in [-0.25, -0.2) is 9.55 Å². The number of rotatable bonds is 12. The third kappa shape index (κ3) is 5.54. The van der Waals surface area contributed by atoms with E-state index in [-0.39, 0.29) is 42.5 Å². The van der Waals surface area contributed by atoms with Crippen molar-refractivity contribution in [3.63, 3.8) is 0 Å². The number of aromatic nitrogens is 4. The summed E-state index contributed by atoms with van der Waals surface area (Å²) >= 11 is 0. The number of hydrogen-bond acceptors (Lipinski definition) is 8. The van der Waals surface area contributed by atoms with E-state index in [4.69, 9.17) is 10.5 Å². The molecule has 0 unspecified atom stereocenters. The van der Waals surface area contributed by atoms with E-state index in [1.807, 2.05) is 0 Å². The lowest BCUT2D eigenvalue weighted by Crippen LogP contribution is -2.30. The molecule has 4 N–H and O–H groups in total. The molecule has 2 aromatic rings. The smallest absolute Gasteiger partial charge is 0.289 e. The molecule has 32 heavy (non-hydrogen) atoms. The Morgan fingerprint density at radius 3 is 2.47 bits per heavy atom. The van der Waals surface area contributed by atoms with Crippen LogP contribution in [0.4, 0.5) is 5.95 Å². The van der Waals surface area contributed by atoms with E-state index in [1.165, 1.54) is 49.4 Å². The minimum absolute atomic E-state index is 0.0187. The lowest BCUT2D eigenvalue weighted by molar-refractivity contribution is -0.0432. The second-order valence-corrected chi connectivity index (χ2v) is 8.52. The zero-order chi connectivity index (χ0) is 23.1. The Balaban J connectivity index is 1.60. The largest absolute Gasteiger partial charge is 0.394 e. The molecule has 0 saturated carbocycles. The van der Waals surface area contributed by atoms with Gasteiger partial charge in [0.1, 0.15) is 12.3 Å². The standard InChI is InChI=1S/C22H35N5O5/c1-2-3-4-5-6-7-8-9-10-11-17(30)27-21(31)19-20(25-22(27)23)26(14-24-19)18-12-15(29)16(13-28)32-18/h14-16,18,28-29H,2-13H2,1H3,(H2,23,25)/t15-,16+,18+/m0/s1. The first-order valence-electron chi connectivity index (χ1n) is 11.7. The Labute approximate surface area is 187 Å². The van der Waals surface area contributed by atoms with Gasteiger partial charge in [-0.3, -0.25) is 14.2 Å². The van der Waals surface area contributed by atoms with E-state index in [1.54, 1.807) is 0 Å². The van der Waals surface area contributed by atoms with Gasteiger partial charge in [-0.15, -0.1) is 0 Å². The SMILES string of the molecule is CCCCCCCCCCCC(=O)n1c(N)nc2c(ncn2[C@H]2C[C@H](O)[C@@H](CO)O2)c1=O. The van der Waals surface area contributed by atoms with Crippen LogP contribution >= 0.6 is 0 Å². The number of unbranched alkanes of at least 4 members (excludes halogenated alkanes) is 8. The third-order valence-corrected chi connectivity index (χ3v) is 6.06. The minimum Gasteiger partial charge on any atom is -0.394 e.